The summed E-state index contributed by atoms with van der Waals surface area (Å²) in [5, 5.41) is 12.3. The first-order chi connectivity index (χ1) is 9.53. The molecule has 0 aliphatic heterocycles. The van der Waals surface area contributed by atoms with Crippen LogP contribution in [-0.2, 0) is 11.2 Å². The van der Waals surface area contributed by atoms with Crippen LogP contribution >= 0.6 is 0 Å². The summed E-state index contributed by atoms with van der Waals surface area (Å²) < 4.78 is 0. The average molecular weight is 270 g/mol. The molecule has 0 spiro atoms. The van der Waals surface area contributed by atoms with Gasteiger partial charge >= 0.3 is 0 Å². The number of rotatable bonds is 4. The first-order valence-electron chi connectivity index (χ1n) is 7.27. The minimum Gasteiger partial charge on any atom is -0.352 e. The molecule has 1 aromatic carbocycles. The van der Waals surface area contributed by atoms with Gasteiger partial charge in [0.05, 0.1) is 6.07 Å². The second-order valence-electron chi connectivity index (χ2n) is 6.31. The van der Waals surface area contributed by atoms with Gasteiger partial charge in [-0.1, -0.05) is 50.6 Å². The summed E-state index contributed by atoms with van der Waals surface area (Å²) in [6.07, 6.45) is 3.78. The van der Waals surface area contributed by atoms with E-state index in [4.69, 9.17) is 0 Å². The van der Waals surface area contributed by atoms with E-state index in [9.17, 15) is 10.1 Å². The van der Waals surface area contributed by atoms with Gasteiger partial charge < -0.3 is 5.32 Å². The van der Waals surface area contributed by atoms with E-state index in [0.29, 0.717) is 6.42 Å². The zero-order chi connectivity index (χ0) is 14.6. The number of carbonyl (C=O) groups is 1. The van der Waals surface area contributed by atoms with Crippen molar-refractivity contribution in [3.8, 4) is 6.07 Å². The Hall–Kier alpha value is -1.82. The van der Waals surface area contributed by atoms with E-state index in [2.05, 4.69) is 25.2 Å². The third-order valence-corrected chi connectivity index (χ3v) is 4.33. The second-order valence-corrected chi connectivity index (χ2v) is 6.31. The van der Waals surface area contributed by atoms with Gasteiger partial charge in [-0.05, 0) is 30.2 Å². The number of benzene rings is 1. The Kier molecular flexibility index (Phi) is 4.44. The Bertz CT molecular complexity index is 501. The van der Waals surface area contributed by atoms with E-state index in [1.165, 1.54) is 0 Å². The van der Waals surface area contributed by atoms with Crippen molar-refractivity contribution in [3.05, 3.63) is 35.9 Å². The predicted octanol–water partition coefficient (Wildman–Crippen LogP) is 3.06. The molecular weight excluding hydrogens is 248 g/mol. The number of nitrogens with zero attached hydrogens (tertiary/aromatic N) is 1. The van der Waals surface area contributed by atoms with Crippen LogP contribution in [0.1, 0.15) is 38.7 Å². The van der Waals surface area contributed by atoms with Crippen molar-refractivity contribution in [1.29, 1.82) is 5.26 Å². The lowest BCUT2D eigenvalue weighted by Gasteiger charge is -2.28. The van der Waals surface area contributed by atoms with Gasteiger partial charge in [0.1, 0.15) is 5.92 Å². The monoisotopic (exact) mass is 270 g/mol. The third-order valence-electron chi connectivity index (χ3n) is 4.33. The highest BCUT2D eigenvalue weighted by Gasteiger charge is 2.36. The van der Waals surface area contributed by atoms with E-state index in [1.54, 1.807) is 0 Å². The van der Waals surface area contributed by atoms with Crippen molar-refractivity contribution >= 4 is 5.91 Å². The molecule has 1 aliphatic carbocycles. The van der Waals surface area contributed by atoms with Crippen molar-refractivity contribution in [1.82, 2.24) is 5.32 Å². The highest BCUT2D eigenvalue weighted by Crippen LogP contribution is 2.37. The molecule has 1 amide bonds. The molecule has 0 saturated heterocycles. The largest absolute Gasteiger partial charge is 0.352 e. The molecule has 0 radical (unpaired) electrons. The third kappa shape index (κ3) is 3.39. The van der Waals surface area contributed by atoms with Crippen molar-refractivity contribution in [2.45, 2.75) is 45.6 Å². The fourth-order valence-electron chi connectivity index (χ4n) is 2.91. The maximum Gasteiger partial charge on any atom is 0.237 e. The van der Waals surface area contributed by atoms with Crippen molar-refractivity contribution < 1.29 is 4.79 Å². The van der Waals surface area contributed by atoms with E-state index in [-0.39, 0.29) is 17.4 Å². The molecule has 106 valence electrons. The molecule has 20 heavy (non-hydrogen) atoms. The topological polar surface area (TPSA) is 52.9 Å². The molecule has 3 nitrogen and oxygen atoms in total. The standard InChI is InChI=1S/C17H22N2O/c1-17(2)10-6-9-15(17)19-16(20)14(12-18)11-13-7-4-3-5-8-13/h3-5,7-8,14-15H,6,9-11H2,1-2H3,(H,19,20). The summed E-state index contributed by atoms with van der Waals surface area (Å²) in [5.74, 6) is -0.731. The van der Waals surface area contributed by atoms with Crippen molar-refractivity contribution in [3.63, 3.8) is 0 Å². The average Bonchev–Trinajstić information content (AvgIpc) is 2.76. The summed E-state index contributed by atoms with van der Waals surface area (Å²) in [6, 6.07) is 12.0. The van der Waals surface area contributed by atoms with E-state index < -0.39 is 5.92 Å². The summed E-state index contributed by atoms with van der Waals surface area (Å²) in [4.78, 5) is 12.3. The number of amides is 1. The molecule has 1 fully saturated rings. The van der Waals surface area contributed by atoms with Crippen molar-refractivity contribution in [2.24, 2.45) is 11.3 Å². The van der Waals surface area contributed by atoms with Crippen LogP contribution in [0.3, 0.4) is 0 Å². The van der Waals surface area contributed by atoms with Crippen molar-refractivity contribution in [2.75, 3.05) is 0 Å². The molecule has 0 aromatic heterocycles. The predicted molar refractivity (Wildman–Crippen MR) is 78.8 cm³/mol. The molecule has 3 heteroatoms. The lowest BCUT2D eigenvalue weighted by molar-refractivity contribution is -0.124. The van der Waals surface area contributed by atoms with Crippen LogP contribution in [0.5, 0.6) is 0 Å². The molecule has 0 bridgehead atoms. The highest BCUT2D eigenvalue weighted by molar-refractivity contribution is 5.81. The molecular formula is C17H22N2O. The SMILES string of the molecule is CC1(C)CCCC1NC(=O)C(C#N)Cc1ccccc1. The fraction of sp³-hybridized carbons (Fsp3) is 0.529. The second kappa shape index (κ2) is 6.09. The highest BCUT2D eigenvalue weighted by atomic mass is 16.1. The number of hydrogen-bond donors (Lipinski definition) is 1. The van der Waals surface area contributed by atoms with Gasteiger partial charge in [0.25, 0.3) is 0 Å². The Morgan fingerprint density at radius 2 is 2.15 bits per heavy atom. The zero-order valence-electron chi connectivity index (χ0n) is 12.2. The number of hydrogen-bond acceptors (Lipinski definition) is 2. The molecule has 2 rings (SSSR count). The van der Waals surface area contributed by atoms with Gasteiger partial charge in [-0.25, -0.2) is 0 Å². The van der Waals surface area contributed by atoms with Gasteiger partial charge in [0, 0.05) is 6.04 Å². The molecule has 0 heterocycles. The summed E-state index contributed by atoms with van der Waals surface area (Å²) in [6.45, 7) is 4.37. The van der Waals surface area contributed by atoms with Crippen LogP contribution in [0.4, 0.5) is 0 Å². The summed E-state index contributed by atoms with van der Waals surface area (Å²) in [7, 11) is 0. The maximum atomic E-state index is 12.3. The lowest BCUT2D eigenvalue weighted by atomic mass is 9.87. The van der Waals surface area contributed by atoms with Gasteiger partial charge in [-0.15, -0.1) is 0 Å². The first kappa shape index (κ1) is 14.6. The number of carbonyl (C=O) groups excluding carboxylic acids is 1. The quantitative estimate of drug-likeness (QED) is 0.914. The van der Waals surface area contributed by atoms with E-state index in [0.717, 1.165) is 24.8 Å². The number of nitriles is 1. The lowest BCUT2D eigenvalue weighted by Crippen LogP contribution is -2.44. The summed E-state index contributed by atoms with van der Waals surface area (Å²) in [5.41, 5.74) is 1.17. The van der Waals surface area contributed by atoms with Crippen LogP contribution < -0.4 is 5.32 Å². The van der Waals surface area contributed by atoms with Gasteiger partial charge in [-0.2, -0.15) is 5.26 Å². The smallest absolute Gasteiger partial charge is 0.237 e. The first-order valence-corrected chi connectivity index (χ1v) is 7.27. The Morgan fingerprint density at radius 3 is 2.70 bits per heavy atom. The van der Waals surface area contributed by atoms with E-state index >= 15 is 0 Å². The van der Waals surface area contributed by atoms with Crippen LogP contribution in [-0.4, -0.2) is 11.9 Å². The Labute approximate surface area is 121 Å². The summed E-state index contributed by atoms with van der Waals surface area (Å²) >= 11 is 0. The molecule has 1 saturated carbocycles. The normalized spacial score (nSPS) is 21.9. The van der Waals surface area contributed by atoms with Crippen LogP contribution in [0, 0.1) is 22.7 Å². The van der Waals surface area contributed by atoms with Crippen LogP contribution in [0.15, 0.2) is 30.3 Å². The van der Waals surface area contributed by atoms with Gasteiger partial charge in [0.15, 0.2) is 0 Å². The molecule has 2 unspecified atom stereocenters. The molecule has 1 aromatic rings. The minimum atomic E-state index is -0.603. The number of nitrogens with one attached hydrogen (secondary N) is 1. The fourth-order valence-corrected chi connectivity index (χ4v) is 2.91. The molecule has 2 atom stereocenters. The van der Waals surface area contributed by atoms with Gasteiger partial charge in [0.2, 0.25) is 5.91 Å². The van der Waals surface area contributed by atoms with E-state index in [1.807, 2.05) is 30.3 Å². The maximum absolute atomic E-state index is 12.3. The van der Waals surface area contributed by atoms with Crippen LogP contribution in [0.2, 0.25) is 0 Å². The zero-order valence-corrected chi connectivity index (χ0v) is 12.2. The molecule has 1 N–H and O–H groups in total. The Balaban J connectivity index is 1.98. The Morgan fingerprint density at radius 1 is 1.45 bits per heavy atom. The van der Waals surface area contributed by atoms with Crippen LogP contribution in [0.25, 0.3) is 0 Å². The minimum absolute atomic E-state index is 0.128. The molecule has 1 aliphatic rings. The van der Waals surface area contributed by atoms with Gasteiger partial charge in [-0.3, -0.25) is 4.79 Å².